The third kappa shape index (κ3) is 5.88. The van der Waals surface area contributed by atoms with Crippen LogP contribution in [0.25, 0.3) is 6.08 Å². The van der Waals surface area contributed by atoms with E-state index >= 15 is 0 Å². The van der Waals surface area contributed by atoms with Gasteiger partial charge in [0.15, 0.2) is 0 Å². The smallest absolute Gasteiger partial charge is 0.282 e. The van der Waals surface area contributed by atoms with Crippen molar-refractivity contribution in [3.8, 4) is 5.75 Å². The van der Waals surface area contributed by atoms with E-state index in [-0.39, 0.29) is 4.90 Å². The lowest BCUT2D eigenvalue weighted by molar-refractivity contribution is 0.414. The first kappa shape index (κ1) is 21.5. The van der Waals surface area contributed by atoms with Gasteiger partial charge in [-0.1, -0.05) is 62.2 Å². The molecule has 29 heavy (non-hydrogen) atoms. The predicted octanol–water partition coefficient (Wildman–Crippen LogP) is 6.11. The second kappa shape index (κ2) is 9.52. The quantitative estimate of drug-likeness (QED) is 0.358. The Labute approximate surface area is 187 Å². The monoisotopic (exact) mass is 533 g/mol. The first-order chi connectivity index (χ1) is 13.9. The third-order valence-electron chi connectivity index (χ3n) is 4.02. The Morgan fingerprint density at radius 3 is 1.97 bits per heavy atom. The fraction of sp³-hybridized carbons (Fsp3) is 0.0455. The number of ether oxygens (including phenoxy) is 1. The molecule has 0 aliphatic heterocycles. The number of benzene rings is 3. The van der Waals surface area contributed by atoms with E-state index in [1.807, 2.05) is 54.6 Å². The highest BCUT2D eigenvalue weighted by atomic mass is 79.9. The van der Waals surface area contributed by atoms with E-state index in [9.17, 15) is 8.42 Å². The number of rotatable bonds is 6. The number of nitrogens with zero attached hydrogens (tertiary/aromatic N) is 1. The van der Waals surface area contributed by atoms with Crippen molar-refractivity contribution in [1.82, 2.24) is 0 Å². The molecule has 0 atom stereocenters. The Morgan fingerprint density at radius 2 is 1.41 bits per heavy atom. The van der Waals surface area contributed by atoms with Crippen LogP contribution in [0.4, 0.5) is 0 Å². The van der Waals surface area contributed by atoms with E-state index in [0.29, 0.717) is 17.0 Å². The van der Waals surface area contributed by atoms with Crippen molar-refractivity contribution in [2.24, 2.45) is 4.40 Å². The van der Waals surface area contributed by atoms with Crippen LogP contribution in [0, 0.1) is 0 Å². The van der Waals surface area contributed by atoms with Gasteiger partial charge in [-0.2, -0.15) is 12.8 Å². The van der Waals surface area contributed by atoms with Gasteiger partial charge in [0, 0.05) is 14.5 Å². The number of halogens is 2. The summed E-state index contributed by atoms with van der Waals surface area (Å²) in [5, 5.41) is 0. The molecule has 7 heteroatoms. The van der Waals surface area contributed by atoms with Crippen LogP contribution in [0.2, 0.25) is 0 Å². The highest BCUT2D eigenvalue weighted by molar-refractivity contribution is 9.10. The summed E-state index contributed by atoms with van der Waals surface area (Å²) in [7, 11) is -2.36. The second-order valence-electron chi connectivity index (χ2n) is 6.02. The van der Waals surface area contributed by atoms with Gasteiger partial charge in [0.05, 0.1) is 17.7 Å². The number of methoxy groups -OCH3 is 1. The van der Waals surface area contributed by atoms with E-state index in [4.69, 9.17) is 4.74 Å². The zero-order valence-electron chi connectivity index (χ0n) is 15.4. The molecular formula is C22H17Br2NO3S. The summed E-state index contributed by atoms with van der Waals surface area (Å²) < 4.78 is 36.8. The molecule has 0 radical (unpaired) electrons. The van der Waals surface area contributed by atoms with Crippen LogP contribution in [0.1, 0.15) is 11.1 Å². The predicted molar refractivity (Wildman–Crippen MR) is 124 cm³/mol. The highest BCUT2D eigenvalue weighted by Crippen LogP contribution is 2.20. The minimum absolute atomic E-state index is 0.102. The van der Waals surface area contributed by atoms with Crippen molar-refractivity contribution in [3.05, 3.63) is 98.9 Å². The lowest BCUT2D eigenvalue weighted by atomic mass is 10.1. The van der Waals surface area contributed by atoms with Crippen molar-refractivity contribution < 1.29 is 13.2 Å². The van der Waals surface area contributed by atoms with Gasteiger partial charge in [0.25, 0.3) is 10.0 Å². The average Bonchev–Trinajstić information content (AvgIpc) is 2.73. The average molecular weight is 535 g/mol. The summed E-state index contributed by atoms with van der Waals surface area (Å²) in [4.78, 5) is 0.102. The maximum atomic E-state index is 12.9. The van der Waals surface area contributed by atoms with Crippen molar-refractivity contribution >= 4 is 53.7 Å². The third-order valence-corrected chi connectivity index (χ3v) is 6.38. The summed E-state index contributed by atoms with van der Waals surface area (Å²) in [6.07, 6.45) is 3.53. The molecule has 3 aromatic rings. The first-order valence-corrected chi connectivity index (χ1v) is 11.6. The van der Waals surface area contributed by atoms with Crippen molar-refractivity contribution in [2.75, 3.05) is 7.11 Å². The Hall–Kier alpha value is -2.22. The Balaban J connectivity index is 2.03. The summed E-state index contributed by atoms with van der Waals surface area (Å²) in [6, 6.07) is 21.2. The Bertz CT molecular complexity index is 1140. The lowest BCUT2D eigenvalue weighted by Crippen LogP contribution is -2.04. The van der Waals surface area contributed by atoms with Crippen LogP contribution in [0.3, 0.4) is 0 Å². The van der Waals surface area contributed by atoms with Gasteiger partial charge in [-0.25, -0.2) is 0 Å². The molecule has 148 valence electrons. The fourth-order valence-electron chi connectivity index (χ4n) is 2.48. The van der Waals surface area contributed by atoms with Gasteiger partial charge in [0.2, 0.25) is 0 Å². The first-order valence-electron chi connectivity index (χ1n) is 8.56. The van der Waals surface area contributed by atoms with Crippen LogP contribution < -0.4 is 4.74 Å². The molecular weight excluding hydrogens is 518 g/mol. The number of hydrogen-bond acceptors (Lipinski definition) is 3. The number of allylic oxidation sites excluding steroid dienone is 1. The lowest BCUT2D eigenvalue weighted by Gasteiger charge is -2.05. The van der Waals surface area contributed by atoms with Crippen LogP contribution in [-0.4, -0.2) is 21.2 Å². The molecule has 0 aromatic heterocycles. The van der Waals surface area contributed by atoms with Gasteiger partial charge < -0.3 is 4.74 Å². The van der Waals surface area contributed by atoms with Gasteiger partial charge >= 0.3 is 0 Å². The molecule has 0 heterocycles. The molecule has 0 amide bonds. The molecule has 0 aliphatic carbocycles. The molecule has 0 unspecified atom stereocenters. The summed E-state index contributed by atoms with van der Waals surface area (Å²) in [5.74, 6) is 0.580. The molecule has 0 bridgehead atoms. The fourth-order valence-corrected chi connectivity index (χ4v) is 4.02. The van der Waals surface area contributed by atoms with Crippen molar-refractivity contribution in [2.45, 2.75) is 4.90 Å². The number of hydrogen-bond donors (Lipinski definition) is 0. The SMILES string of the molecule is COc1ccc(S(=O)(=O)/N=C(/C=C/c2ccc(Br)cc2)c2ccc(Br)cc2)cc1. The van der Waals surface area contributed by atoms with Gasteiger partial charge in [0.1, 0.15) is 5.75 Å². The molecule has 3 rings (SSSR count). The molecule has 4 nitrogen and oxygen atoms in total. The Morgan fingerprint density at radius 1 is 0.862 bits per heavy atom. The normalized spacial score (nSPS) is 12.3. The minimum atomic E-state index is -3.89. The second-order valence-corrected chi connectivity index (χ2v) is 9.45. The van der Waals surface area contributed by atoms with E-state index in [1.54, 1.807) is 18.2 Å². The van der Waals surface area contributed by atoms with E-state index in [0.717, 1.165) is 14.5 Å². The molecule has 0 spiro atoms. The summed E-state index contributed by atoms with van der Waals surface area (Å²) in [5.41, 5.74) is 1.97. The number of sulfonamides is 1. The Kier molecular flexibility index (Phi) is 7.05. The molecule has 0 aliphatic rings. The van der Waals surface area contributed by atoms with Crippen molar-refractivity contribution in [1.29, 1.82) is 0 Å². The summed E-state index contributed by atoms with van der Waals surface area (Å²) in [6.45, 7) is 0. The zero-order chi connectivity index (χ0) is 20.9. The maximum absolute atomic E-state index is 12.9. The van der Waals surface area contributed by atoms with E-state index in [1.165, 1.54) is 19.2 Å². The molecule has 3 aromatic carbocycles. The van der Waals surface area contributed by atoms with Crippen LogP contribution in [0.15, 0.2) is 97.1 Å². The van der Waals surface area contributed by atoms with Crippen molar-refractivity contribution in [3.63, 3.8) is 0 Å². The topological polar surface area (TPSA) is 55.7 Å². The van der Waals surface area contributed by atoms with Gasteiger partial charge in [-0.05, 0) is 60.2 Å². The standard InChI is InChI=1S/C22H17Br2NO3S/c1-28-20-11-13-21(14-12-20)29(26,27)25-22(17-5-9-19(24)10-6-17)15-4-16-2-7-18(23)8-3-16/h2-15H,1H3/b15-4+,25-22-. The largest absolute Gasteiger partial charge is 0.497 e. The van der Waals surface area contributed by atoms with E-state index < -0.39 is 10.0 Å². The van der Waals surface area contributed by atoms with Crippen LogP contribution in [0.5, 0.6) is 5.75 Å². The van der Waals surface area contributed by atoms with Crippen LogP contribution >= 0.6 is 31.9 Å². The maximum Gasteiger partial charge on any atom is 0.282 e. The summed E-state index contributed by atoms with van der Waals surface area (Å²) >= 11 is 6.80. The highest BCUT2D eigenvalue weighted by Gasteiger charge is 2.15. The van der Waals surface area contributed by atoms with E-state index in [2.05, 4.69) is 36.3 Å². The molecule has 0 fully saturated rings. The van der Waals surface area contributed by atoms with Crippen LogP contribution in [-0.2, 0) is 10.0 Å². The van der Waals surface area contributed by atoms with Gasteiger partial charge in [-0.15, -0.1) is 0 Å². The minimum Gasteiger partial charge on any atom is -0.497 e. The molecule has 0 saturated heterocycles. The molecule has 0 N–H and O–H groups in total. The van der Waals surface area contributed by atoms with Gasteiger partial charge in [-0.3, -0.25) is 0 Å². The zero-order valence-corrected chi connectivity index (χ0v) is 19.4. The molecule has 0 saturated carbocycles.